The summed E-state index contributed by atoms with van der Waals surface area (Å²) >= 11 is 0. The number of rotatable bonds is 5. The lowest BCUT2D eigenvalue weighted by atomic mass is 10.0. The summed E-state index contributed by atoms with van der Waals surface area (Å²) in [6.07, 6.45) is 5.79. The van der Waals surface area contributed by atoms with Gasteiger partial charge in [0.2, 0.25) is 0 Å². The van der Waals surface area contributed by atoms with Crippen molar-refractivity contribution in [3.05, 3.63) is 35.9 Å². The molecular formula is C15H18O. The topological polar surface area (TPSA) is 17.1 Å². The van der Waals surface area contributed by atoms with Crippen LogP contribution in [0.5, 0.6) is 0 Å². The third kappa shape index (κ3) is 2.18. The number of benzene rings is 1. The first-order chi connectivity index (χ1) is 7.84. The Bertz CT molecular complexity index is 378. The van der Waals surface area contributed by atoms with Crippen molar-refractivity contribution in [3.63, 3.8) is 0 Å². The Labute approximate surface area is 96.9 Å². The quantitative estimate of drug-likeness (QED) is 0.732. The normalized spacial score (nSPS) is 27.8. The van der Waals surface area contributed by atoms with Gasteiger partial charge in [0.15, 0.2) is 0 Å². The number of ketones is 1. The fourth-order valence-electron chi connectivity index (χ4n) is 2.56. The van der Waals surface area contributed by atoms with Crippen LogP contribution in [0.15, 0.2) is 30.3 Å². The Morgan fingerprint density at radius 2 is 1.94 bits per heavy atom. The van der Waals surface area contributed by atoms with Crippen LogP contribution in [0.1, 0.15) is 43.6 Å². The molecule has 0 radical (unpaired) electrons. The Morgan fingerprint density at radius 1 is 1.19 bits per heavy atom. The molecule has 0 spiro atoms. The van der Waals surface area contributed by atoms with Gasteiger partial charge in [-0.3, -0.25) is 4.79 Å². The maximum absolute atomic E-state index is 11.9. The van der Waals surface area contributed by atoms with Gasteiger partial charge in [-0.15, -0.1) is 0 Å². The number of carbonyl (C=O) groups is 1. The molecule has 0 saturated heterocycles. The van der Waals surface area contributed by atoms with Crippen LogP contribution < -0.4 is 0 Å². The van der Waals surface area contributed by atoms with Gasteiger partial charge in [-0.1, -0.05) is 43.2 Å². The van der Waals surface area contributed by atoms with Crippen LogP contribution in [-0.4, -0.2) is 5.78 Å². The van der Waals surface area contributed by atoms with E-state index in [0.717, 1.165) is 25.2 Å². The minimum atomic E-state index is 0.348. The smallest absolute Gasteiger partial charge is 0.136 e. The van der Waals surface area contributed by atoms with Crippen LogP contribution in [0.2, 0.25) is 0 Å². The first-order valence-electron chi connectivity index (χ1n) is 6.42. The molecule has 2 unspecified atom stereocenters. The van der Waals surface area contributed by atoms with Gasteiger partial charge in [0.05, 0.1) is 0 Å². The molecule has 3 rings (SSSR count). The fourth-order valence-corrected chi connectivity index (χ4v) is 2.56. The van der Waals surface area contributed by atoms with Gasteiger partial charge in [-0.2, -0.15) is 0 Å². The Morgan fingerprint density at radius 3 is 2.62 bits per heavy atom. The molecule has 0 N–H and O–H groups in total. The molecule has 2 saturated carbocycles. The van der Waals surface area contributed by atoms with E-state index in [2.05, 4.69) is 24.3 Å². The van der Waals surface area contributed by atoms with Crippen molar-refractivity contribution in [1.82, 2.24) is 0 Å². The zero-order valence-electron chi connectivity index (χ0n) is 9.56. The van der Waals surface area contributed by atoms with Crippen LogP contribution in [0.4, 0.5) is 0 Å². The molecule has 1 aromatic carbocycles. The van der Waals surface area contributed by atoms with Crippen molar-refractivity contribution in [3.8, 4) is 0 Å². The van der Waals surface area contributed by atoms with Crippen LogP contribution in [0, 0.1) is 11.8 Å². The van der Waals surface area contributed by atoms with Gasteiger partial charge in [-0.25, -0.2) is 0 Å². The Kier molecular flexibility index (Phi) is 2.55. The lowest BCUT2D eigenvalue weighted by Gasteiger charge is -2.00. The van der Waals surface area contributed by atoms with Crippen molar-refractivity contribution < 1.29 is 4.79 Å². The molecule has 0 amide bonds. The fraction of sp³-hybridized carbons (Fsp3) is 0.533. The van der Waals surface area contributed by atoms with E-state index >= 15 is 0 Å². The van der Waals surface area contributed by atoms with Crippen molar-refractivity contribution in [2.45, 2.75) is 38.0 Å². The number of hydrogen-bond donors (Lipinski definition) is 0. The lowest BCUT2D eigenvalue weighted by Crippen LogP contribution is -2.02. The summed E-state index contributed by atoms with van der Waals surface area (Å²) in [4.78, 5) is 11.9. The second-order valence-electron chi connectivity index (χ2n) is 5.31. The minimum absolute atomic E-state index is 0.348. The Hall–Kier alpha value is -1.11. The molecule has 1 heteroatoms. The highest BCUT2D eigenvalue weighted by molar-refractivity contribution is 5.85. The van der Waals surface area contributed by atoms with E-state index in [0.29, 0.717) is 17.6 Å². The zero-order valence-corrected chi connectivity index (χ0v) is 9.56. The molecule has 0 heterocycles. The molecule has 84 valence electrons. The standard InChI is InChI=1S/C15H18O/c16-15(9-8-11-6-7-11)14-10-13(14)12-4-2-1-3-5-12/h1-5,11,13-14H,6-10H2. The first-order valence-corrected chi connectivity index (χ1v) is 6.42. The van der Waals surface area contributed by atoms with Crippen molar-refractivity contribution >= 4 is 5.78 Å². The van der Waals surface area contributed by atoms with Gasteiger partial charge < -0.3 is 0 Å². The second-order valence-corrected chi connectivity index (χ2v) is 5.31. The summed E-state index contributed by atoms with van der Waals surface area (Å²) in [5.41, 5.74) is 1.35. The van der Waals surface area contributed by atoms with Crippen LogP contribution in [0.3, 0.4) is 0 Å². The summed E-state index contributed by atoms with van der Waals surface area (Å²) in [5.74, 6) is 2.28. The monoisotopic (exact) mass is 214 g/mol. The van der Waals surface area contributed by atoms with Crippen LogP contribution >= 0.6 is 0 Å². The maximum atomic E-state index is 11.9. The molecule has 2 aliphatic carbocycles. The van der Waals surface area contributed by atoms with Crippen molar-refractivity contribution in [1.29, 1.82) is 0 Å². The minimum Gasteiger partial charge on any atom is -0.299 e. The van der Waals surface area contributed by atoms with Gasteiger partial charge >= 0.3 is 0 Å². The zero-order chi connectivity index (χ0) is 11.0. The largest absolute Gasteiger partial charge is 0.299 e. The van der Waals surface area contributed by atoms with Gasteiger partial charge in [0, 0.05) is 12.3 Å². The van der Waals surface area contributed by atoms with Gasteiger partial charge in [-0.05, 0) is 30.2 Å². The third-order valence-corrected chi connectivity index (χ3v) is 3.93. The molecule has 16 heavy (non-hydrogen) atoms. The van der Waals surface area contributed by atoms with Crippen molar-refractivity contribution in [2.75, 3.05) is 0 Å². The van der Waals surface area contributed by atoms with E-state index in [1.165, 1.54) is 18.4 Å². The van der Waals surface area contributed by atoms with E-state index in [4.69, 9.17) is 0 Å². The lowest BCUT2D eigenvalue weighted by molar-refractivity contribution is -0.120. The molecule has 0 aromatic heterocycles. The first kappa shape index (κ1) is 10.1. The summed E-state index contributed by atoms with van der Waals surface area (Å²) in [5, 5.41) is 0. The van der Waals surface area contributed by atoms with E-state index in [9.17, 15) is 4.79 Å². The highest BCUT2D eigenvalue weighted by atomic mass is 16.1. The van der Waals surface area contributed by atoms with Crippen molar-refractivity contribution in [2.24, 2.45) is 11.8 Å². The Balaban J connectivity index is 1.52. The second kappa shape index (κ2) is 4.04. The molecule has 0 aliphatic heterocycles. The summed E-state index contributed by atoms with van der Waals surface area (Å²) in [6, 6.07) is 10.5. The molecular weight excluding hydrogens is 196 g/mol. The summed E-state index contributed by atoms with van der Waals surface area (Å²) in [7, 11) is 0. The van der Waals surface area contributed by atoms with E-state index in [-0.39, 0.29) is 0 Å². The van der Waals surface area contributed by atoms with E-state index < -0.39 is 0 Å². The molecule has 2 atom stereocenters. The highest BCUT2D eigenvalue weighted by Gasteiger charge is 2.43. The van der Waals surface area contributed by atoms with Crippen LogP contribution in [-0.2, 0) is 4.79 Å². The van der Waals surface area contributed by atoms with Gasteiger partial charge in [0.25, 0.3) is 0 Å². The summed E-state index contributed by atoms with van der Waals surface area (Å²) in [6.45, 7) is 0. The molecule has 2 fully saturated rings. The molecule has 1 aromatic rings. The maximum Gasteiger partial charge on any atom is 0.136 e. The SMILES string of the molecule is O=C(CCC1CC1)C1CC1c1ccccc1. The average molecular weight is 214 g/mol. The predicted molar refractivity (Wildman–Crippen MR) is 64.3 cm³/mol. The predicted octanol–water partition coefficient (Wildman–Crippen LogP) is 3.55. The van der Waals surface area contributed by atoms with Gasteiger partial charge in [0.1, 0.15) is 5.78 Å². The molecule has 1 nitrogen and oxygen atoms in total. The average Bonchev–Trinajstić information content (AvgIpc) is 3.19. The number of hydrogen-bond acceptors (Lipinski definition) is 1. The number of carbonyl (C=O) groups excluding carboxylic acids is 1. The van der Waals surface area contributed by atoms with E-state index in [1.54, 1.807) is 0 Å². The highest BCUT2D eigenvalue weighted by Crippen LogP contribution is 2.49. The molecule has 2 aliphatic rings. The number of Topliss-reactive ketones (excluding diaryl/α,β-unsaturated/α-hetero) is 1. The van der Waals surface area contributed by atoms with Crippen LogP contribution in [0.25, 0.3) is 0 Å². The van der Waals surface area contributed by atoms with E-state index in [1.807, 2.05) is 6.07 Å². The summed E-state index contributed by atoms with van der Waals surface area (Å²) < 4.78 is 0. The third-order valence-electron chi connectivity index (χ3n) is 3.93. The molecule has 0 bridgehead atoms.